The number of benzene rings is 1. The molecule has 94 valence electrons. The molecule has 0 aromatic heterocycles. The Morgan fingerprint density at radius 1 is 1.29 bits per heavy atom. The summed E-state index contributed by atoms with van der Waals surface area (Å²) in [6.45, 7) is 5.36. The fourth-order valence-electron chi connectivity index (χ4n) is 2.45. The van der Waals surface area contributed by atoms with E-state index in [1.54, 1.807) is 6.07 Å². The maximum Gasteiger partial charge on any atom is 0.0654 e. The third kappa shape index (κ3) is 2.54. The molecule has 0 bridgehead atoms. The fourth-order valence-corrected chi connectivity index (χ4v) is 2.97. The van der Waals surface area contributed by atoms with E-state index in [0.29, 0.717) is 22.0 Å². The van der Waals surface area contributed by atoms with Crippen molar-refractivity contribution in [1.29, 1.82) is 0 Å². The van der Waals surface area contributed by atoms with Gasteiger partial charge >= 0.3 is 0 Å². The minimum atomic E-state index is 0.285. The molecule has 3 atom stereocenters. The van der Waals surface area contributed by atoms with Crippen LogP contribution in [0, 0.1) is 5.92 Å². The summed E-state index contributed by atoms with van der Waals surface area (Å²) >= 11 is 12.2. The van der Waals surface area contributed by atoms with Crippen LogP contribution >= 0.6 is 23.2 Å². The minimum Gasteiger partial charge on any atom is -0.367 e. The summed E-state index contributed by atoms with van der Waals surface area (Å²) in [7, 11) is 0. The standard InChI is InChI=1S/C13H18Cl2N2/c1-8-9(2)17(6-5-12(8)16)13-4-3-10(14)7-11(13)15/h3-4,7-9,12H,5-6,16H2,1-2H3. The lowest BCUT2D eigenvalue weighted by atomic mass is 9.87. The molecule has 0 amide bonds. The van der Waals surface area contributed by atoms with Crippen molar-refractivity contribution in [1.82, 2.24) is 0 Å². The Balaban J connectivity index is 2.28. The molecular weight excluding hydrogens is 255 g/mol. The highest BCUT2D eigenvalue weighted by atomic mass is 35.5. The van der Waals surface area contributed by atoms with E-state index in [2.05, 4.69) is 18.7 Å². The van der Waals surface area contributed by atoms with Crippen LogP contribution in [0.15, 0.2) is 18.2 Å². The maximum atomic E-state index is 6.25. The molecule has 3 unspecified atom stereocenters. The molecule has 4 heteroatoms. The zero-order valence-corrected chi connectivity index (χ0v) is 11.7. The van der Waals surface area contributed by atoms with E-state index in [0.717, 1.165) is 18.7 Å². The SMILES string of the molecule is CC1C(N)CCN(c2ccc(Cl)cc2Cl)C1C. The molecule has 1 saturated heterocycles. The molecule has 0 saturated carbocycles. The van der Waals surface area contributed by atoms with Crippen LogP contribution in [0.4, 0.5) is 5.69 Å². The lowest BCUT2D eigenvalue weighted by Crippen LogP contribution is -2.51. The van der Waals surface area contributed by atoms with E-state index in [1.807, 2.05) is 12.1 Å². The fraction of sp³-hybridized carbons (Fsp3) is 0.538. The molecule has 0 aliphatic carbocycles. The van der Waals surface area contributed by atoms with Crippen molar-refractivity contribution in [2.45, 2.75) is 32.4 Å². The molecule has 2 nitrogen and oxygen atoms in total. The van der Waals surface area contributed by atoms with Gasteiger partial charge in [0.2, 0.25) is 0 Å². The van der Waals surface area contributed by atoms with E-state index in [4.69, 9.17) is 28.9 Å². The first kappa shape index (κ1) is 13.0. The zero-order chi connectivity index (χ0) is 12.6. The second-order valence-corrected chi connectivity index (χ2v) is 5.69. The molecule has 2 rings (SSSR count). The number of anilines is 1. The summed E-state index contributed by atoms with van der Waals surface area (Å²) in [5, 5.41) is 1.39. The van der Waals surface area contributed by atoms with Crippen LogP contribution in [0.25, 0.3) is 0 Å². The van der Waals surface area contributed by atoms with Crippen molar-refractivity contribution >= 4 is 28.9 Å². The van der Waals surface area contributed by atoms with Gasteiger partial charge < -0.3 is 10.6 Å². The molecule has 2 N–H and O–H groups in total. The maximum absolute atomic E-state index is 6.25. The van der Waals surface area contributed by atoms with Crippen molar-refractivity contribution in [3.63, 3.8) is 0 Å². The predicted molar refractivity (Wildman–Crippen MR) is 75.0 cm³/mol. The molecule has 1 aromatic carbocycles. The molecule has 1 fully saturated rings. The van der Waals surface area contributed by atoms with Crippen molar-refractivity contribution in [3.8, 4) is 0 Å². The molecular formula is C13H18Cl2N2. The zero-order valence-electron chi connectivity index (χ0n) is 10.2. The third-order valence-corrected chi connectivity index (χ3v) is 4.39. The van der Waals surface area contributed by atoms with E-state index in [1.165, 1.54) is 0 Å². The topological polar surface area (TPSA) is 29.3 Å². The van der Waals surface area contributed by atoms with Crippen LogP contribution in [0.3, 0.4) is 0 Å². The average molecular weight is 273 g/mol. The van der Waals surface area contributed by atoms with E-state index in [9.17, 15) is 0 Å². The van der Waals surface area contributed by atoms with Gasteiger partial charge in [0.05, 0.1) is 10.7 Å². The quantitative estimate of drug-likeness (QED) is 0.847. The normalized spacial score (nSPS) is 29.5. The number of piperidine rings is 1. The summed E-state index contributed by atoms with van der Waals surface area (Å²) in [6.07, 6.45) is 1.00. The monoisotopic (exact) mass is 272 g/mol. The molecule has 1 aliphatic heterocycles. The summed E-state index contributed by atoms with van der Waals surface area (Å²) in [5.41, 5.74) is 7.15. The molecule has 1 heterocycles. The first-order valence-corrected chi connectivity index (χ1v) is 6.73. The number of halogens is 2. The van der Waals surface area contributed by atoms with E-state index in [-0.39, 0.29) is 6.04 Å². The largest absolute Gasteiger partial charge is 0.367 e. The molecule has 17 heavy (non-hydrogen) atoms. The summed E-state index contributed by atoms with van der Waals surface area (Å²) in [4.78, 5) is 2.33. The van der Waals surface area contributed by atoms with Crippen LogP contribution in [0.5, 0.6) is 0 Å². The highest BCUT2D eigenvalue weighted by Gasteiger charge is 2.31. The van der Waals surface area contributed by atoms with Crippen LogP contribution < -0.4 is 10.6 Å². The van der Waals surface area contributed by atoms with Gasteiger partial charge in [-0.3, -0.25) is 0 Å². The Hall–Kier alpha value is -0.440. The predicted octanol–water partition coefficient (Wildman–Crippen LogP) is 3.56. The summed E-state index contributed by atoms with van der Waals surface area (Å²) < 4.78 is 0. The van der Waals surface area contributed by atoms with Gasteiger partial charge in [0, 0.05) is 23.7 Å². The van der Waals surface area contributed by atoms with Gasteiger partial charge in [-0.15, -0.1) is 0 Å². The van der Waals surface area contributed by atoms with Crippen molar-refractivity contribution < 1.29 is 0 Å². The first-order valence-electron chi connectivity index (χ1n) is 5.98. The molecule has 1 aliphatic rings. The smallest absolute Gasteiger partial charge is 0.0654 e. The lowest BCUT2D eigenvalue weighted by Gasteiger charge is -2.43. The van der Waals surface area contributed by atoms with Gasteiger partial charge in [-0.25, -0.2) is 0 Å². The van der Waals surface area contributed by atoms with Crippen LogP contribution in [-0.2, 0) is 0 Å². The van der Waals surface area contributed by atoms with Crippen molar-refractivity contribution in [2.75, 3.05) is 11.4 Å². The lowest BCUT2D eigenvalue weighted by molar-refractivity contribution is 0.315. The number of nitrogens with two attached hydrogens (primary N) is 1. The van der Waals surface area contributed by atoms with Gasteiger partial charge in [-0.1, -0.05) is 30.1 Å². The van der Waals surface area contributed by atoms with Crippen LogP contribution in [0.1, 0.15) is 20.3 Å². The van der Waals surface area contributed by atoms with Crippen LogP contribution in [0.2, 0.25) is 10.0 Å². The molecule has 0 spiro atoms. The summed E-state index contributed by atoms with van der Waals surface area (Å²) in [5.74, 6) is 0.468. The Labute approximate surface area is 113 Å². The number of rotatable bonds is 1. The second kappa shape index (κ2) is 5.05. The third-order valence-electron chi connectivity index (χ3n) is 3.85. The Kier molecular flexibility index (Phi) is 3.86. The molecule has 0 radical (unpaired) electrons. The Morgan fingerprint density at radius 3 is 2.65 bits per heavy atom. The highest BCUT2D eigenvalue weighted by Crippen LogP contribution is 2.34. The number of hydrogen-bond acceptors (Lipinski definition) is 2. The number of nitrogens with zero attached hydrogens (tertiary/aromatic N) is 1. The van der Waals surface area contributed by atoms with Gasteiger partial charge in [-0.2, -0.15) is 0 Å². The van der Waals surface area contributed by atoms with E-state index < -0.39 is 0 Å². The van der Waals surface area contributed by atoms with Crippen molar-refractivity contribution in [2.24, 2.45) is 11.7 Å². The van der Waals surface area contributed by atoms with Crippen molar-refractivity contribution in [3.05, 3.63) is 28.2 Å². The average Bonchev–Trinajstić information content (AvgIpc) is 2.28. The number of hydrogen-bond donors (Lipinski definition) is 1. The van der Waals surface area contributed by atoms with E-state index >= 15 is 0 Å². The minimum absolute atomic E-state index is 0.285. The summed E-state index contributed by atoms with van der Waals surface area (Å²) in [6, 6.07) is 6.36. The van der Waals surface area contributed by atoms with Gasteiger partial charge in [-0.05, 0) is 37.5 Å². The highest BCUT2D eigenvalue weighted by molar-refractivity contribution is 6.36. The molecule has 1 aromatic rings. The van der Waals surface area contributed by atoms with Gasteiger partial charge in [0.1, 0.15) is 0 Å². The second-order valence-electron chi connectivity index (χ2n) is 4.84. The van der Waals surface area contributed by atoms with Crippen LogP contribution in [-0.4, -0.2) is 18.6 Å². The Morgan fingerprint density at radius 2 is 2.00 bits per heavy atom. The first-order chi connectivity index (χ1) is 8.00. The van der Waals surface area contributed by atoms with Gasteiger partial charge in [0.25, 0.3) is 0 Å². The van der Waals surface area contributed by atoms with Gasteiger partial charge in [0.15, 0.2) is 0 Å². The Bertz CT molecular complexity index is 408.